The lowest BCUT2D eigenvalue weighted by Crippen LogP contribution is -2.36. The molecule has 66 heavy (non-hydrogen) atoms. The largest absolute Gasteiger partial charge is 0.481 e. The second-order valence-electron chi connectivity index (χ2n) is 17.3. The maximum Gasteiger partial charge on any atom is 0.481 e. The summed E-state index contributed by atoms with van der Waals surface area (Å²) in [6.07, 6.45) is 27.2. The number of aliphatic hydroxyl groups excluding tert-OH is 2. The van der Waals surface area contributed by atoms with Crippen molar-refractivity contribution in [3.63, 3.8) is 0 Å². The van der Waals surface area contributed by atoms with E-state index in [0.29, 0.717) is 12.8 Å². The van der Waals surface area contributed by atoms with Crippen LogP contribution in [0.1, 0.15) is 200 Å². The fourth-order valence-electron chi connectivity index (χ4n) is 7.48. The molecule has 0 spiro atoms. The lowest BCUT2D eigenvalue weighted by Gasteiger charge is -2.21. The van der Waals surface area contributed by atoms with E-state index >= 15 is 0 Å². The number of rotatable bonds is 41. The summed E-state index contributed by atoms with van der Waals surface area (Å²) >= 11 is 0. The van der Waals surface area contributed by atoms with Crippen LogP contribution in [0.25, 0.3) is 0 Å². The molecular weight excluding hydrogens is 896 g/mol. The zero-order chi connectivity index (χ0) is 48.5. The van der Waals surface area contributed by atoms with Crippen molar-refractivity contribution >= 4 is 33.4 Å². The smallest absolute Gasteiger partial charge is 0.462 e. The van der Waals surface area contributed by atoms with Gasteiger partial charge in [-0.3, -0.25) is 23.2 Å². The van der Waals surface area contributed by atoms with Gasteiger partial charge in [-0.1, -0.05) is 154 Å². The van der Waals surface area contributed by atoms with Crippen LogP contribution in [0.4, 0.5) is 5.82 Å². The molecule has 6 N–H and O–H groups in total. The molecule has 0 aromatic carbocycles. The highest BCUT2D eigenvalue weighted by Crippen LogP contribution is 2.60. The maximum atomic E-state index is 12.8. The van der Waals surface area contributed by atoms with Gasteiger partial charge in [-0.25, -0.2) is 13.9 Å². The summed E-state index contributed by atoms with van der Waals surface area (Å²) in [6, 6.07) is 1.25. The van der Waals surface area contributed by atoms with Crippen molar-refractivity contribution in [2.75, 3.05) is 25.6 Å². The average molecular weight is 980 g/mol. The molecule has 3 unspecified atom stereocenters. The van der Waals surface area contributed by atoms with Crippen molar-refractivity contribution in [2.24, 2.45) is 0 Å². The Balaban J connectivity index is 1.81. The highest BCUT2D eigenvalue weighted by Gasteiger charge is 2.46. The number of carbonyl (C=O) groups excluding carboxylic acids is 2. The number of phosphoric acid groups is 2. The summed E-state index contributed by atoms with van der Waals surface area (Å²) in [5.74, 6) is -1.29. The molecule has 18 nitrogen and oxygen atoms in total. The van der Waals surface area contributed by atoms with E-state index < -0.39 is 83.7 Å². The lowest BCUT2D eigenvalue weighted by atomic mass is 10.0. The Morgan fingerprint density at radius 1 is 0.712 bits per heavy atom. The number of carbonyl (C=O) groups is 2. The molecular formula is C46H83N3O15P2. The Labute approximate surface area is 392 Å². The van der Waals surface area contributed by atoms with Gasteiger partial charge in [-0.2, -0.15) is 9.29 Å². The van der Waals surface area contributed by atoms with Crippen molar-refractivity contribution in [1.29, 1.82) is 0 Å². The van der Waals surface area contributed by atoms with Crippen LogP contribution in [0, 0.1) is 0 Å². The number of hydrogen-bond acceptors (Lipinski definition) is 15. The SMILES string of the molecule is CCCCCCCC/C=C\CCCCCCCC(=O)OC(COC(=O)CCCCCCCCCCCCCCC)COP(=O)(O)OP(=O)(O)OC[C@H]1O[C@@H](n2ccc(N)nc2=O)[C@H](O)[C@@H]1O. The molecule has 1 aromatic heterocycles. The molecule has 1 fully saturated rings. The predicted octanol–water partition coefficient (Wildman–Crippen LogP) is 9.67. The van der Waals surface area contributed by atoms with Gasteiger partial charge in [0.25, 0.3) is 0 Å². The number of aliphatic hydroxyl groups is 2. The number of aromatic nitrogens is 2. The first-order valence-corrected chi connectivity index (χ1v) is 27.7. The van der Waals surface area contributed by atoms with Gasteiger partial charge < -0.3 is 39.9 Å². The van der Waals surface area contributed by atoms with E-state index in [-0.39, 0.29) is 18.7 Å². The van der Waals surface area contributed by atoms with Crippen molar-refractivity contribution in [1.82, 2.24) is 9.55 Å². The van der Waals surface area contributed by atoms with Crippen LogP contribution in [0.2, 0.25) is 0 Å². The predicted molar refractivity (Wildman–Crippen MR) is 252 cm³/mol. The van der Waals surface area contributed by atoms with Gasteiger partial charge in [0, 0.05) is 19.0 Å². The number of phosphoric ester groups is 2. The summed E-state index contributed by atoms with van der Waals surface area (Å²) in [6.45, 7) is 2.15. The maximum absolute atomic E-state index is 12.8. The molecule has 0 radical (unpaired) electrons. The quantitative estimate of drug-likeness (QED) is 0.0177. The van der Waals surface area contributed by atoms with Crippen LogP contribution in [0.15, 0.2) is 29.2 Å². The Hall–Kier alpha value is -2.50. The third-order valence-corrected chi connectivity index (χ3v) is 14.0. The van der Waals surface area contributed by atoms with E-state index in [0.717, 1.165) is 68.8 Å². The van der Waals surface area contributed by atoms with Crippen LogP contribution in [0.5, 0.6) is 0 Å². The number of nitrogens with two attached hydrogens (primary N) is 1. The molecule has 0 aliphatic carbocycles. The van der Waals surface area contributed by atoms with Gasteiger partial charge in [0.05, 0.1) is 13.2 Å². The molecule has 1 aliphatic rings. The van der Waals surface area contributed by atoms with Gasteiger partial charge in [0.15, 0.2) is 12.3 Å². The second kappa shape index (κ2) is 35.6. The number of nitrogens with zero attached hydrogens (tertiary/aromatic N) is 2. The van der Waals surface area contributed by atoms with Crippen LogP contribution in [-0.4, -0.2) is 85.7 Å². The van der Waals surface area contributed by atoms with Crippen molar-refractivity contribution in [3.05, 3.63) is 34.9 Å². The molecule has 0 bridgehead atoms. The first-order chi connectivity index (χ1) is 31.7. The van der Waals surface area contributed by atoms with E-state index in [4.69, 9.17) is 29.0 Å². The lowest BCUT2D eigenvalue weighted by molar-refractivity contribution is -0.161. The first kappa shape index (κ1) is 59.6. The molecule has 0 saturated carbocycles. The number of unbranched alkanes of at least 4 members (excludes halogenated alkanes) is 23. The van der Waals surface area contributed by atoms with Crippen LogP contribution in [0.3, 0.4) is 0 Å². The standard InChI is InChI=1S/C46H83N3O15P2/c1-3-5-7-9-11-13-15-17-18-20-22-24-26-28-30-32-42(51)62-38(35-59-41(50)31-29-27-25-23-21-19-16-14-12-10-8-6-4-2)36-60-65(55,56)64-66(57,58)61-37-39-43(52)44(53)45(63-39)49-34-33-40(47)48-46(49)54/h17-18,33-34,38-39,43-45,52-53H,3-16,19-32,35-37H2,1-2H3,(H,55,56)(H,57,58)(H2,47,48,54)/b18-17-/t38?,39-,43-,44-,45-/m1/s1. The second-order valence-corrected chi connectivity index (χ2v) is 20.4. The van der Waals surface area contributed by atoms with E-state index in [1.807, 2.05) is 0 Å². The number of ether oxygens (including phenoxy) is 3. The minimum Gasteiger partial charge on any atom is -0.462 e. The van der Waals surface area contributed by atoms with Crippen molar-refractivity contribution in [2.45, 2.75) is 224 Å². The molecule has 2 rings (SSSR count). The molecule has 2 heterocycles. The minimum atomic E-state index is -5.42. The Morgan fingerprint density at radius 2 is 1.18 bits per heavy atom. The molecule has 7 atom stereocenters. The molecule has 0 amide bonds. The summed E-state index contributed by atoms with van der Waals surface area (Å²) in [5.41, 5.74) is 4.59. The van der Waals surface area contributed by atoms with Gasteiger partial charge in [0.1, 0.15) is 30.7 Å². The van der Waals surface area contributed by atoms with Gasteiger partial charge in [0.2, 0.25) is 0 Å². The average Bonchev–Trinajstić information content (AvgIpc) is 3.55. The Bertz CT molecular complexity index is 1650. The number of allylic oxidation sites excluding steroid dienone is 2. The summed E-state index contributed by atoms with van der Waals surface area (Å²) in [4.78, 5) is 61.8. The van der Waals surface area contributed by atoms with Gasteiger partial charge in [-0.15, -0.1) is 0 Å². The van der Waals surface area contributed by atoms with Crippen LogP contribution >= 0.6 is 15.6 Å². The fourth-order valence-corrected chi connectivity index (χ4v) is 9.60. The highest BCUT2D eigenvalue weighted by atomic mass is 31.3. The normalized spacial score (nSPS) is 19.7. The first-order valence-electron chi connectivity index (χ1n) is 24.7. The number of anilines is 1. The van der Waals surface area contributed by atoms with Crippen molar-refractivity contribution in [3.8, 4) is 0 Å². The molecule has 20 heteroatoms. The van der Waals surface area contributed by atoms with E-state index in [2.05, 4.69) is 35.3 Å². The van der Waals surface area contributed by atoms with E-state index in [1.165, 1.54) is 102 Å². The fraction of sp³-hybridized carbons (Fsp3) is 0.826. The zero-order valence-electron chi connectivity index (χ0n) is 39.8. The van der Waals surface area contributed by atoms with Crippen molar-refractivity contribution < 1.29 is 66.3 Å². The van der Waals surface area contributed by atoms with E-state index in [1.54, 1.807) is 0 Å². The highest BCUT2D eigenvalue weighted by molar-refractivity contribution is 7.61. The topological polar surface area (TPSA) is 265 Å². The molecule has 1 aliphatic heterocycles. The summed E-state index contributed by atoms with van der Waals surface area (Å²) < 4.78 is 56.7. The zero-order valence-corrected chi connectivity index (χ0v) is 41.6. The summed E-state index contributed by atoms with van der Waals surface area (Å²) in [5, 5.41) is 20.9. The molecule has 382 valence electrons. The summed E-state index contributed by atoms with van der Waals surface area (Å²) in [7, 11) is -10.8. The Kier molecular flexibility index (Phi) is 32.2. The number of nitrogen functional groups attached to an aromatic ring is 1. The van der Waals surface area contributed by atoms with Crippen LogP contribution in [-0.2, 0) is 46.3 Å². The number of esters is 2. The molecule has 1 aromatic rings. The monoisotopic (exact) mass is 980 g/mol. The van der Waals surface area contributed by atoms with E-state index in [9.17, 15) is 43.5 Å². The molecule has 1 saturated heterocycles. The van der Waals surface area contributed by atoms with Gasteiger partial charge in [-0.05, 0) is 44.6 Å². The van der Waals surface area contributed by atoms with Crippen LogP contribution < -0.4 is 11.4 Å². The third kappa shape index (κ3) is 28.1. The number of hydrogen-bond donors (Lipinski definition) is 5. The van der Waals surface area contributed by atoms with Gasteiger partial charge >= 0.3 is 33.3 Å². The Morgan fingerprint density at radius 3 is 1.70 bits per heavy atom. The third-order valence-electron chi connectivity index (χ3n) is 11.4. The minimum absolute atomic E-state index is 0.0443.